The molecule has 0 aliphatic rings. The van der Waals surface area contributed by atoms with Crippen molar-refractivity contribution in [3.05, 3.63) is 59.7 Å². The van der Waals surface area contributed by atoms with Gasteiger partial charge in [0, 0.05) is 17.8 Å². The van der Waals surface area contributed by atoms with Crippen LogP contribution in [0.5, 0.6) is 11.5 Å². The Labute approximate surface area is 158 Å². The number of ether oxygens (including phenoxy) is 2. The van der Waals surface area contributed by atoms with Gasteiger partial charge in [-0.1, -0.05) is 18.2 Å². The first kappa shape index (κ1) is 20.0. The summed E-state index contributed by atoms with van der Waals surface area (Å²) in [5.41, 5.74) is 4.33. The highest BCUT2D eigenvalue weighted by Gasteiger charge is 2.07. The van der Waals surface area contributed by atoms with Gasteiger partial charge in [-0.2, -0.15) is 5.10 Å². The molecule has 0 bridgehead atoms. The molecule has 0 saturated carbocycles. The fraction of sp³-hybridized carbons (Fsp3) is 0.250. The Kier molecular flexibility index (Phi) is 7.37. The standard InChI is InChI=1S/C20H23N3O4/c1-14(22-23-20(25)16-5-4-6-18(12-16)27-3)11-19(24)21-13-15-7-9-17(26-2)10-8-15/h4-10,12H,11,13H2,1-3H3,(H,21,24)(H,23,25)/b22-14+. The summed E-state index contributed by atoms with van der Waals surface area (Å²) in [6.45, 7) is 2.09. The predicted molar refractivity (Wildman–Crippen MR) is 103 cm³/mol. The van der Waals surface area contributed by atoms with E-state index in [1.165, 1.54) is 7.11 Å². The van der Waals surface area contributed by atoms with E-state index in [-0.39, 0.29) is 18.2 Å². The lowest BCUT2D eigenvalue weighted by atomic mass is 10.2. The molecular formula is C20H23N3O4. The Balaban J connectivity index is 1.81. The number of carbonyl (C=O) groups is 2. The number of methoxy groups -OCH3 is 2. The first-order valence-electron chi connectivity index (χ1n) is 8.39. The first-order chi connectivity index (χ1) is 13.0. The van der Waals surface area contributed by atoms with E-state index >= 15 is 0 Å². The summed E-state index contributed by atoms with van der Waals surface area (Å²) in [6, 6.07) is 14.2. The third kappa shape index (κ3) is 6.47. The highest BCUT2D eigenvalue weighted by Crippen LogP contribution is 2.12. The van der Waals surface area contributed by atoms with Gasteiger partial charge in [0.2, 0.25) is 5.91 Å². The third-order valence-electron chi connectivity index (χ3n) is 3.75. The molecule has 2 rings (SSSR count). The molecule has 0 radical (unpaired) electrons. The zero-order valence-electron chi connectivity index (χ0n) is 15.6. The average molecular weight is 369 g/mol. The van der Waals surface area contributed by atoms with E-state index in [1.807, 2.05) is 24.3 Å². The maximum Gasteiger partial charge on any atom is 0.271 e. The lowest BCUT2D eigenvalue weighted by molar-refractivity contribution is -0.120. The number of hydrogen-bond donors (Lipinski definition) is 2. The van der Waals surface area contributed by atoms with Crippen molar-refractivity contribution in [3.63, 3.8) is 0 Å². The van der Waals surface area contributed by atoms with Gasteiger partial charge in [-0.15, -0.1) is 0 Å². The van der Waals surface area contributed by atoms with Crippen LogP contribution in [0, 0.1) is 0 Å². The highest BCUT2D eigenvalue weighted by molar-refractivity contribution is 6.01. The van der Waals surface area contributed by atoms with Gasteiger partial charge < -0.3 is 14.8 Å². The fourth-order valence-electron chi connectivity index (χ4n) is 2.25. The molecular weight excluding hydrogens is 346 g/mol. The zero-order chi connectivity index (χ0) is 19.6. The molecule has 7 heteroatoms. The van der Waals surface area contributed by atoms with Crippen molar-refractivity contribution in [3.8, 4) is 11.5 Å². The monoisotopic (exact) mass is 369 g/mol. The summed E-state index contributed by atoms with van der Waals surface area (Å²) in [5, 5.41) is 6.78. The molecule has 0 aliphatic heterocycles. The molecule has 0 heterocycles. The van der Waals surface area contributed by atoms with Gasteiger partial charge in [-0.3, -0.25) is 9.59 Å². The largest absolute Gasteiger partial charge is 0.497 e. The molecule has 2 amide bonds. The van der Waals surface area contributed by atoms with Crippen LogP contribution in [0.15, 0.2) is 53.6 Å². The predicted octanol–water partition coefficient (Wildman–Crippen LogP) is 2.52. The molecule has 2 aromatic rings. The summed E-state index contributed by atoms with van der Waals surface area (Å²) in [7, 11) is 3.13. The minimum absolute atomic E-state index is 0.0918. The summed E-state index contributed by atoms with van der Waals surface area (Å²) in [5.74, 6) is 0.802. The zero-order valence-corrected chi connectivity index (χ0v) is 15.6. The van der Waals surface area contributed by atoms with Gasteiger partial charge in [-0.25, -0.2) is 5.43 Å². The number of hydrazone groups is 1. The van der Waals surface area contributed by atoms with Crippen LogP contribution in [-0.4, -0.2) is 31.7 Å². The van der Waals surface area contributed by atoms with Gasteiger partial charge in [0.25, 0.3) is 5.91 Å². The third-order valence-corrected chi connectivity index (χ3v) is 3.75. The second-order valence-corrected chi connectivity index (χ2v) is 5.82. The van der Waals surface area contributed by atoms with Crippen molar-refractivity contribution >= 4 is 17.5 Å². The lowest BCUT2D eigenvalue weighted by Gasteiger charge is -2.07. The smallest absolute Gasteiger partial charge is 0.271 e. The Hall–Kier alpha value is -3.35. The van der Waals surface area contributed by atoms with Gasteiger partial charge >= 0.3 is 0 Å². The normalized spacial score (nSPS) is 10.9. The number of nitrogens with zero attached hydrogens (tertiary/aromatic N) is 1. The van der Waals surface area contributed by atoms with Gasteiger partial charge in [0.15, 0.2) is 0 Å². The number of benzene rings is 2. The Morgan fingerprint density at radius 1 is 1.00 bits per heavy atom. The van der Waals surface area contributed by atoms with Crippen LogP contribution >= 0.6 is 0 Å². The molecule has 0 unspecified atom stereocenters. The molecule has 0 saturated heterocycles. The van der Waals surface area contributed by atoms with Crippen LogP contribution in [0.25, 0.3) is 0 Å². The Morgan fingerprint density at radius 2 is 1.70 bits per heavy atom. The number of carbonyl (C=O) groups excluding carboxylic acids is 2. The summed E-state index contributed by atoms with van der Waals surface area (Å²) < 4.78 is 10.2. The van der Waals surface area contributed by atoms with Crippen LogP contribution in [-0.2, 0) is 11.3 Å². The minimum atomic E-state index is -0.369. The van der Waals surface area contributed by atoms with Crippen LogP contribution in [0.1, 0.15) is 29.3 Å². The minimum Gasteiger partial charge on any atom is -0.497 e. The quantitative estimate of drug-likeness (QED) is 0.553. The van der Waals surface area contributed by atoms with E-state index in [2.05, 4.69) is 15.8 Å². The van der Waals surface area contributed by atoms with E-state index in [1.54, 1.807) is 38.3 Å². The van der Waals surface area contributed by atoms with Crippen molar-refractivity contribution in [1.29, 1.82) is 0 Å². The molecule has 142 valence electrons. The number of nitrogens with one attached hydrogen (secondary N) is 2. The van der Waals surface area contributed by atoms with Crippen LogP contribution in [0.4, 0.5) is 0 Å². The first-order valence-corrected chi connectivity index (χ1v) is 8.39. The molecule has 0 aliphatic carbocycles. The van der Waals surface area contributed by atoms with E-state index < -0.39 is 0 Å². The van der Waals surface area contributed by atoms with Crippen molar-refractivity contribution < 1.29 is 19.1 Å². The molecule has 2 N–H and O–H groups in total. The number of amides is 2. The maximum atomic E-state index is 12.1. The van der Waals surface area contributed by atoms with Gasteiger partial charge in [0.1, 0.15) is 11.5 Å². The number of rotatable bonds is 8. The molecule has 0 atom stereocenters. The van der Waals surface area contributed by atoms with Crippen molar-refractivity contribution in [1.82, 2.24) is 10.7 Å². The molecule has 0 fully saturated rings. The van der Waals surface area contributed by atoms with E-state index in [9.17, 15) is 9.59 Å². The SMILES string of the molecule is COc1ccc(CNC(=O)C/C(C)=N/NC(=O)c2cccc(OC)c2)cc1. The summed E-state index contributed by atoms with van der Waals surface area (Å²) >= 11 is 0. The van der Waals surface area contributed by atoms with Crippen LogP contribution in [0.3, 0.4) is 0 Å². The second-order valence-electron chi connectivity index (χ2n) is 5.82. The van der Waals surface area contributed by atoms with Crippen LogP contribution in [0.2, 0.25) is 0 Å². The molecule has 0 spiro atoms. The second kappa shape index (κ2) is 9.96. The van der Waals surface area contributed by atoms with Crippen molar-refractivity contribution in [2.75, 3.05) is 14.2 Å². The van der Waals surface area contributed by atoms with Crippen LogP contribution < -0.4 is 20.2 Å². The van der Waals surface area contributed by atoms with Crippen molar-refractivity contribution in [2.24, 2.45) is 5.10 Å². The highest BCUT2D eigenvalue weighted by atomic mass is 16.5. The maximum absolute atomic E-state index is 12.1. The summed E-state index contributed by atoms with van der Waals surface area (Å²) in [4.78, 5) is 24.1. The number of hydrogen-bond acceptors (Lipinski definition) is 5. The molecule has 2 aromatic carbocycles. The Morgan fingerprint density at radius 3 is 2.37 bits per heavy atom. The lowest BCUT2D eigenvalue weighted by Crippen LogP contribution is -2.26. The van der Waals surface area contributed by atoms with E-state index in [0.29, 0.717) is 23.6 Å². The van der Waals surface area contributed by atoms with Gasteiger partial charge in [0.05, 0.1) is 20.6 Å². The van der Waals surface area contributed by atoms with Gasteiger partial charge in [-0.05, 0) is 42.8 Å². The van der Waals surface area contributed by atoms with E-state index in [4.69, 9.17) is 9.47 Å². The fourth-order valence-corrected chi connectivity index (χ4v) is 2.25. The Bertz CT molecular complexity index is 816. The molecule has 0 aromatic heterocycles. The van der Waals surface area contributed by atoms with E-state index in [0.717, 1.165) is 11.3 Å². The molecule has 7 nitrogen and oxygen atoms in total. The molecule has 27 heavy (non-hydrogen) atoms. The van der Waals surface area contributed by atoms with Crippen molar-refractivity contribution in [2.45, 2.75) is 19.9 Å². The summed E-state index contributed by atoms with van der Waals surface area (Å²) in [6.07, 6.45) is 0.0918. The topological polar surface area (TPSA) is 89.0 Å². The average Bonchev–Trinajstić information content (AvgIpc) is 2.70.